The normalized spacial score (nSPS) is 17.0. The van der Waals surface area contributed by atoms with Crippen LogP contribution < -0.4 is 0 Å². The lowest BCUT2D eigenvalue weighted by molar-refractivity contribution is 0.389. The fraction of sp³-hybridized carbons (Fsp3) is 0.562. The summed E-state index contributed by atoms with van der Waals surface area (Å²) >= 11 is 6.10. The molecule has 3 rings (SSSR count). The lowest BCUT2D eigenvalue weighted by Crippen LogP contribution is -2.13. The van der Waals surface area contributed by atoms with Crippen molar-refractivity contribution >= 4 is 22.6 Å². The number of hydrogen-bond acceptors (Lipinski definition) is 1. The van der Waals surface area contributed by atoms with Gasteiger partial charge in [-0.15, -0.1) is 11.6 Å². The molecule has 102 valence electrons. The summed E-state index contributed by atoms with van der Waals surface area (Å²) in [7, 11) is 0. The number of benzene rings is 1. The second-order valence-electron chi connectivity index (χ2n) is 5.94. The molecule has 0 unspecified atom stereocenters. The van der Waals surface area contributed by atoms with Gasteiger partial charge in [-0.05, 0) is 43.2 Å². The molecule has 19 heavy (non-hydrogen) atoms. The molecule has 1 aliphatic carbocycles. The zero-order valence-electron chi connectivity index (χ0n) is 11.7. The van der Waals surface area contributed by atoms with Crippen LogP contribution in [0.5, 0.6) is 0 Å². The van der Waals surface area contributed by atoms with Gasteiger partial charge in [-0.2, -0.15) is 0 Å². The predicted octanol–water partition coefficient (Wildman–Crippen LogP) is 4.66. The van der Waals surface area contributed by atoms with Gasteiger partial charge in [0.15, 0.2) is 0 Å². The van der Waals surface area contributed by atoms with Crippen LogP contribution in [0.4, 0.5) is 0 Å². The summed E-state index contributed by atoms with van der Waals surface area (Å²) < 4.78 is 2.36. The van der Waals surface area contributed by atoms with E-state index in [2.05, 4.69) is 36.6 Å². The van der Waals surface area contributed by atoms with E-state index < -0.39 is 0 Å². The Morgan fingerprint density at radius 1 is 1.37 bits per heavy atom. The van der Waals surface area contributed by atoms with E-state index in [1.807, 2.05) is 0 Å². The number of aryl methyl sites for hydroxylation is 1. The lowest BCUT2D eigenvalue weighted by Gasteiger charge is -2.17. The van der Waals surface area contributed by atoms with Gasteiger partial charge in [-0.25, -0.2) is 4.98 Å². The van der Waals surface area contributed by atoms with Crippen LogP contribution in [-0.2, 0) is 12.4 Å². The summed E-state index contributed by atoms with van der Waals surface area (Å²) in [5.74, 6) is 1.52. The van der Waals surface area contributed by atoms with Gasteiger partial charge in [0.2, 0.25) is 0 Å². The summed E-state index contributed by atoms with van der Waals surface area (Å²) in [6, 6.07) is 6.41. The van der Waals surface area contributed by atoms with Gasteiger partial charge < -0.3 is 4.57 Å². The molecule has 1 aromatic heterocycles. The maximum atomic E-state index is 6.10. The van der Waals surface area contributed by atoms with Crippen molar-refractivity contribution in [1.29, 1.82) is 0 Å². The molecule has 0 radical (unpaired) electrons. The number of alkyl halides is 1. The van der Waals surface area contributed by atoms with Crippen LogP contribution in [0.2, 0.25) is 0 Å². The number of fused-ring (bicyclic) bond motifs is 1. The lowest BCUT2D eigenvalue weighted by atomic mass is 10.0. The van der Waals surface area contributed by atoms with Crippen molar-refractivity contribution in [3.05, 3.63) is 29.6 Å². The minimum Gasteiger partial charge on any atom is -0.326 e. The zero-order valence-corrected chi connectivity index (χ0v) is 12.5. The fourth-order valence-electron chi connectivity index (χ4n) is 3.14. The maximum absolute atomic E-state index is 6.10. The summed E-state index contributed by atoms with van der Waals surface area (Å²) in [4.78, 5) is 4.73. The first-order valence-electron chi connectivity index (χ1n) is 7.20. The highest BCUT2D eigenvalue weighted by Gasteiger charge is 2.42. The Hall–Kier alpha value is -1.02. The zero-order chi connectivity index (χ0) is 13.5. The quantitative estimate of drug-likeness (QED) is 0.726. The minimum atomic E-state index is 0.496. The first kappa shape index (κ1) is 13.0. The van der Waals surface area contributed by atoms with Crippen molar-refractivity contribution in [3.63, 3.8) is 0 Å². The first-order valence-corrected chi connectivity index (χ1v) is 7.73. The molecule has 0 N–H and O–H groups in total. The third-order valence-corrected chi connectivity index (χ3v) is 4.65. The number of halogens is 1. The number of rotatable bonds is 5. The van der Waals surface area contributed by atoms with Crippen molar-refractivity contribution in [2.45, 2.75) is 52.0 Å². The van der Waals surface area contributed by atoms with Gasteiger partial charge >= 0.3 is 0 Å². The topological polar surface area (TPSA) is 17.8 Å². The molecule has 1 heterocycles. The number of hydrogen-bond donors (Lipinski definition) is 0. The van der Waals surface area contributed by atoms with Gasteiger partial charge in [0.25, 0.3) is 0 Å². The van der Waals surface area contributed by atoms with Crippen LogP contribution >= 0.6 is 11.6 Å². The van der Waals surface area contributed by atoms with Gasteiger partial charge in [0.05, 0.1) is 16.9 Å². The summed E-state index contributed by atoms with van der Waals surface area (Å²) in [5.41, 5.74) is 4.12. The molecule has 1 saturated carbocycles. The van der Waals surface area contributed by atoms with Crippen molar-refractivity contribution in [2.75, 3.05) is 0 Å². The molecule has 0 amide bonds. The van der Waals surface area contributed by atoms with E-state index in [1.54, 1.807) is 0 Å². The van der Waals surface area contributed by atoms with E-state index in [4.69, 9.17) is 16.6 Å². The van der Waals surface area contributed by atoms with E-state index >= 15 is 0 Å². The van der Waals surface area contributed by atoms with Crippen molar-refractivity contribution in [3.8, 4) is 0 Å². The average molecular weight is 277 g/mol. The van der Waals surface area contributed by atoms with Crippen molar-refractivity contribution in [2.24, 2.45) is 5.41 Å². The standard InChI is InChI=1S/C16H21ClN2/c1-3-7-16(8-9-16)11-19-13-6-4-5-12(2)15(13)18-14(19)10-17/h4-6H,3,7-11H2,1-2H3. The molecule has 0 spiro atoms. The minimum absolute atomic E-state index is 0.496. The third kappa shape index (κ3) is 2.27. The number of para-hydroxylation sites is 1. The Labute approximate surface area is 119 Å². The van der Waals surface area contributed by atoms with Crippen LogP contribution in [0, 0.1) is 12.3 Å². The largest absolute Gasteiger partial charge is 0.326 e. The SMILES string of the molecule is CCCC1(Cn2c(CCl)nc3c(C)cccc32)CC1. The molecular formula is C16H21ClN2. The highest BCUT2D eigenvalue weighted by Crippen LogP contribution is 2.51. The van der Waals surface area contributed by atoms with Crippen LogP contribution in [0.1, 0.15) is 44.0 Å². The van der Waals surface area contributed by atoms with Crippen LogP contribution in [0.15, 0.2) is 18.2 Å². The van der Waals surface area contributed by atoms with Crippen LogP contribution in [0.3, 0.4) is 0 Å². The highest BCUT2D eigenvalue weighted by molar-refractivity contribution is 6.16. The van der Waals surface area contributed by atoms with E-state index in [9.17, 15) is 0 Å². The number of imidazole rings is 1. The average Bonchev–Trinajstić information content (AvgIpc) is 3.06. The maximum Gasteiger partial charge on any atom is 0.124 e. The third-order valence-electron chi connectivity index (χ3n) is 4.41. The highest BCUT2D eigenvalue weighted by atomic mass is 35.5. The Morgan fingerprint density at radius 2 is 2.16 bits per heavy atom. The molecule has 1 aliphatic rings. The Kier molecular flexibility index (Phi) is 3.30. The Balaban J connectivity index is 2.04. The summed E-state index contributed by atoms with van der Waals surface area (Å²) in [6.45, 7) is 5.48. The van der Waals surface area contributed by atoms with E-state index in [1.165, 1.54) is 36.8 Å². The van der Waals surface area contributed by atoms with Gasteiger partial charge in [0.1, 0.15) is 5.82 Å². The molecule has 2 nitrogen and oxygen atoms in total. The van der Waals surface area contributed by atoms with Crippen LogP contribution in [0.25, 0.3) is 11.0 Å². The van der Waals surface area contributed by atoms with Gasteiger partial charge in [-0.3, -0.25) is 0 Å². The number of aromatic nitrogens is 2. The van der Waals surface area contributed by atoms with Gasteiger partial charge in [0, 0.05) is 6.54 Å². The first-order chi connectivity index (χ1) is 9.19. The molecular weight excluding hydrogens is 256 g/mol. The molecule has 3 heteroatoms. The molecule has 0 bridgehead atoms. The van der Waals surface area contributed by atoms with E-state index in [-0.39, 0.29) is 0 Å². The van der Waals surface area contributed by atoms with Crippen molar-refractivity contribution in [1.82, 2.24) is 9.55 Å². The second kappa shape index (κ2) is 4.82. The van der Waals surface area contributed by atoms with Crippen molar-refractivity contribution < 1.29 is 0 Å². The monoisotopic (exact) mass is 276 g/mol. The fourth-order valence-corrected chi connectivity index (χ4v) is 3.35. The molecule has 2 aromatic rings. The molecule has 1 fully saturated rings. The van der Waals surface area contributed by atoms with Gasteiger partial charge in [-0.1, -0.05) is 25.5 Å². The summed E-state index contributed by atoms with van der Waals surface area (Å²) in [6.07, 6.45) is 5.30. The Bertz CT molecular complexity index is 596. The molecule has 0 atom stereocenters. The van der Waals surface area contributed by atoms with Crippen LogP contribution in [-0.4, -0.2) is 9.55 Å². The predicted molar refractivity (Wildman–Crippen MR) is 80.6 cm³/mol. The smallest absolute Gasteiger partial charge is 0.124 e. The summed E-state index contributed by atoms with van der Waals surface area (Å²) in [5, 5.41) is 0. The molecule has 1 aromatic carbocycles. The van der Waals surface area contributed by atoms with E-state index in [0.717, 1.165) is 17.9 Å². The molecule has 0 saturated heterocycles. The number of nitrogens with zero attached hydrogens (tertiary/aromatic N) is 2. The Morgan fingerprint density at radius 3 is 2.79 bits per heavy atom. The second-order valence-corrected chi connectivity index (χ2v) is 6.21. The molecule has 0 aliphatic heterocycles. The van der Waals surface area contributed by atoms with E-state index in [0.29, 0.717) is 11.3 Å².